The predicted octanol–water partition coefficient (Wildman–Crippen LogP) is 2.60. The van der Waals surface area contributed by atoms with Crippen LogP contribution in [0.2, 0.25) is 0 Å². The van der Waals surface area contributed by atoms with E-state index in [0.717, 1.165) is 24.0 Å². The number of hydrogen-bond acceptors (Lipinski definition) is 2. The lowest BCUT2D eigenvalue weighted by Crippen LogP contribution is -2.46. The van der Waals surface area contributed by atoms with Crippen molar-refractivity contribution in [2.45, 2.75) is 25.0 Å². The molecule has 1 saturated carbocycles. The van der Waals surface area contributed by atoms with Crippen LogP contribution in [0.25, 0.3) is 0 Å². The van der Waals surface area contributed by atoms with Gasteiger partial charge in [0.05, 0.1) is 12.2 Å². The Hall–Kier alpha value is -1.12. The lowest BCUT2D eigenvalue weighted by Gasteiger charge is -2.52. The number of aliphatic hydroxyl groups is 2. The van der Waals surface area contributed by atoms with Gasteiger partial charge >= 0.3 is 0 Å². The van der Waals surface area contributed by atoms with E-state index >= 15 is 0 Å². The predicted molar refractivity (Wildman–Crippen MR) is 68.7 cm³/mol. The van der Waals surface area contributed by atoms with Gasteiger partial charge in [0.15, 0.2) is 0 Å². The van der Waals surface area contributed by atoms with E-state index in [1.807, 2.05) is 24.3 Å². The van der Waals surface area contributed by atoms with E-state index < -0.39 is 12.2 Å². The molecule has 4 aliphatic carbocycles. The summed E-state index contributed by atoms with van der Waals surface area (Å²) in [6, 6.07) is 7.83. The van der Waals surface area contributed by atoms with Crippen molar-refractivity contribution >= 4 is 0 Å². The van der Waals surface area contributed by atoms with Crippen LogP contribution in [0.5, 0.6) is 0 Å². The van der Waals surface area contributed by atoms with Gasteiger partial charge in [0.1, 0.15) is 0 Å². The Bertz CT molecular complexity index is 463. The van der Waals surface area contributed by atoms with Crippen LogP contribution in [-0.4, -0.2) is 10.2 Å². The minimum atomic E-state index is -0.410. The lowest BCUT2D eigenvalue weighted by molar-refractivity contribution is -0.0778. The summed E-state index contributed by atoms with van der Waals surface area (Å²) in [4.78, 5) is 0. The second-order valence-corrected chi connectivity index (χ2v) is 5.96. The maximum Gasteiger partial charge on any atom is 0.0831 e. The summed E-state index contributed by atoms with van der Waals surface area (Å²) in [6.45, 7) is 0. The average Bonchev–Trinajstić information content (AvgIpc) is 2.45. The van der Waals surface area contributed by atoms with Gasteiger partial charge in [0.2, 0.25) is 0 Å². The molecule has 2 bridgehead atoms. The normalized spacial score (nSPS) is 44.6. The molecule has 1 aromatic rings. The molecule has 1 aromatic carbocycles. The summed E-state index contributed by atoms with van der Waals surface area (Å²) in [5, 5.41) is 21.3. The average molecular weight is 242 g/mol. The monoisotopic (exact) mass is 242 g/mol. The van der Waals surface area contributed by atoms with Crippen molar-refractivity contribution in [3.8, 4) is 0 Å². The standard InChI is InChI=1S/C16H18O2/c17-15-11-3-1-2-4-12(11)16(18)14-10-7-5-9(6-8-10)13(14)15/h1-5,7,9-10,13-18H,6,8H2/t9-,10+,13-,14+,15-,16-/m0/s1. The van der Waals surface area contributed by atoms with Crippen molar-refractivity contribution in [1.82, 2.24) is 0 Å². The Labute approximate surface area is 107 Å². The van der Waals surface area contributed by atoms with Gasteiger partial charge in [-0.15, -0.1) is 0 Å². The smallest absolute Gasteiger partial charge is 0.0831 e. The molecule has 0 aliphatic heterocycles. The van der Waals surface area contributed by atoms with Crippen LogP contribution in [0.3, 0.4) is 0 Å². The van der Waals surface area contributed by atoms with Crippen LogP contribution >= 0.6 is 0 Å². The third-order valence-electron chi connectivity index (χ3n) is 5.23. The summed E-state index contributed by atoms with van der Waals surface area (Å²) < 4.78 is 0. The fourth-order valence-electron chi connectivity index (χ4n) is 4.43. The summed E-state index contributed by atoms with van der Waals surface area (Å²) in [5.74, 6) is 1.30. The van der Waals surface area contributed by atoms with E-state index in [4.69, 9.17) is 0 Å². The number of rotatable bonds is 0. The largest absolute Gasteiger partial charge is 0.388 e. The third-order valence-corrected chi connectivity index (χ3v) is 5.23. The molecule has 1 fully saturated rings. The first-order valence-electron chi connectivity index (χ1n) is 6.90. The van der Waals surface area contributed by atoms with Gasteiger partial charge < -0.3 is 10.2 Å². The first-order chi connectivity index (χ1) is 8.77. The molecule has 18 heavy (non-hydrogen) atoms. The molecule has 0 radical (unpaired) electrons. The SMILES string of the molecule is O[C@H]1c2ccccc2[C@H](O)[C@H]2[C@@H]1[C@H]1C=C[C@@H]2CC1. The Balaban J connectivity index is 1.87. The van der Waals surface area contributed by atoms with Gasteiger partial charge in [-0.05, 0) is 35.8 Å². The fraction of sp³-hybridized carbons (Fsp3) is 0.500. The summed E-state index contributed by atoms with van der Waals surface area (Å²) in [5.41, 5.74) is 1.87. The summed E-state index contributed by atoms with van der Waals surface area (Å²) in [7, 11) is 0. The van der Waals surface area contributed by atoms with Gasteiger partial charge in [0.25, 0.3) is 0 Å². The Morgan fingerprint density at radius 2 is 1.22 bits per heavy atom. The van der Waals surface area contributed by atoms with Gasteiger partial charge in [-0.25, -0.2) is 0 Å². The Kier molecular flexibility index (Phi) is 2.21. The molecule has 2 N–H and O–H groups in total. The molecule has 2 nitrogen and oxygen atoms in total. The van der Waals surface area contributed by atoms with E-state index in [2.05, 4.69) is 12.2 Å². The molecule has 6 atom stereocenters. The molecule has 5 rings (SSSR count). The van der Waals surface area contributed by atoms with E-state index in [9.17, 15) is 10.2 Å². The van der Waals surface area contributed by atoms with E-state index in [1.165, 1.54) is 0 Å². The van der Waals surface area contributed by atoms with Crippen molar-refractivity contribution in [2.75, 3.05) is 0 Å². The zero-order valence-corrected chi connectivity index (χ0v) is 10.2. The molecule has 2 heteroatoms. The van der Waals surface area contributed by atoms with Crippen LogP contribution in [0, 0.1) is 23.7 Å². The Morgan fingerprint density at radius 3 is 1.61 bits per heavy atom. The first kappa shape index (κ1) is 10.8. The maximum atomic E-state index is 10.7. The van der Waals surface area contributed by atoms with Crippen molar-refractivity contribution < 1.29 is 10.2 Å². The number of benzene rings is 1. The zero-order valence-electron chi connectivity index (χ0n) is 10.2. The highest BCUT2D eigenvalue weighted by Gasteiger charge is 2.51. The van der Waals surface area contributed by atoms with E-state index in [1.54, 1.807) is 0 Å². The molecule has 0 unspecified atom stereocenters. The number of allylic oxidation sites excluding steroid dienone is 2. The Morgan fingerprint density at radius 1 is 0.778 bits per heavy atom. The van der Waals surface area contributed by atoms with Gasteiger partial charge in [-0.2, -0.15) is 0 Å². The van der Waals surface area contributed by atoms with Crippen molar-refractivity contribution in [3.05, 3.63) is 47.5 Å². The van der Waals surface area contributed by atoms with Gasteiger partial charge in [-0.3, -0.25) is 0 Å². The minimum absolute atomic E-state index is 0.207. The van der Waals surface area contributed by atoms with Crippen molar-refractivity contribution in [2.24, 2.45) is 23.7 Å². The van der Waals surface area contributed by atoms with Crippen LogP contribution in [0.1, 0.15) is 36.2 Å². The number of hydrogen-bond donors (Lipinski definition) is 2. The highest BCUT2D eigenvalue weighted by atomic mass is 16.3. The fourth-order valence-corrected chi connectivity index (χ4v) is 4.43. The number of fused-ring (bicyclic) bond motifs is 2. The van der Waals surface area contributed by atoms with E-state index in [-0.39, 0.29) is 11.8 Å². The highest BCUT2D eigenvalue weighted by Crippen LogP contribution is 2.57. The quantitative estimate of drug-likeness (QED) is 0.686. The summed E-state index contributed by atoms with van der Waals surface area (Å²) in [6.07, 6.45) is 6.03. The van der Waals surface area contributed by atoms with Crippen molar-refractivity contribution in [1.29, 1.82) is 0 Å². The van der Waals surface area contributed by atoms with Crippen LogP contribution in [0.15, 0.2) is 36.4 Å². The van der Waals surface area contributed by atoms with Crippen LogP contribution < -0.4 is 0 Å². The molecule has 0 aromatic heterocycles. The molecule has 0 heterocycles. The highest BCUT2D eigenvalue weighted by molar-refractivity contribution is 5.37. The lowest BCUT2D eigenvalue weighted by atomic mass is 9.55. The molecule has 0 spiro atoms. The van der Waals surface area contributed by atoms with Crippen LogP contribution in [-0.2, 0) is 0 Å². The second-order valence-electron chi connectivity index (χ2n) is 5.96. The third kappa shape index (κ3) is 1.25. The molecule has 0 saturated heterocycles. The van der Waals surface area contributed by atoms with Gasteiger partial charge in [-0.1, -0.05) is 36.4 Å². The minimum Gasteiger partial charge on any atom is -0.388 e. The topological polar surface area (TPSA) is 40.5 Å². The second kappa shape index (κ2) is 3.69. The van der Waals surface area contributed by atoms with Crippen LogP contribution in [0.4, 0.5) is 0 Å². The van der Waals surface area contributed by atoms with E-state index in [0.29, 0.717) is 11.8 Å². The molecule has 94 valence electrons. The molecule has 4 aliphatic rings. The number of aliphatic hydroxyl groups excluding tert-OH is 2. The maximum absolute atomic E-state index is 10.7. The summed E-state index contributed by atoms with van der Waals surface area (Å²) >= 11 is 0. The van der Waals surface area contributed by atoms with Crippen molar-refractivity contribution in [3.63, 3.8) is 0 Å². The molecular formula is C16H18O2. The molecule has 0 amide bonds. The van der Waals surface area contributed by atoms with Gasteiger partial charge in [0, 0.05) is 11.8 Å². The zero-order chi connectivity index (χ0) is 12.3. The first-order valence-corrected chi connectivity index (χ1v) is 6.90. The molecular weight excluding hydrogens is 224 g/mol.